The van der Waals surface area contributed by atoms with E-state index >= 15 is 0 Å². The van der Waals surface area contributed by atoms with E-state index in [0.29, 0.717) is 13.2 Å². The summed E-state index contributed by atoms with van der Waals surface area (Å²) in [5, 5.41) is 5.98. The van der Waals surface area contributed by atoms with Crippen LogP contribution in [0.3, 0.4) is 0 Å². The molecule has 1 heterocycles. The van der Waals surface area contributed by atoms with Gasteiger partial charge in [0.1, 0.15) is 0 Å². The van der Waals surface area contributed by atoms with Gasteiger partial charge in [-0.1, -0.05) is 12.8 Å². The van der Waals surface area contributed by atoms with Crippen molar-refractivity contribution >= 4 is 30.7 Å². The van der Waals surface area contributed by atoms with Crippen molar-refractivity contribution in [2.45, 2.75) is 32.1 Å². The number of ether oxygens (including phenoxy) is 1. The van der Waals surface area contributed by atoms with Gasteiger partial charge in [-0.05, 0) is 38.9 Å². The molecule has 2 N–H and O–H groups in total. The first-order valence-electron chi connectivity index (χ1n) is 7.51. The van der Waals surface area contributed by atoms with Crippen molar-refractivity contribution < 1.29 is 9.53 Å². The Labute approximate surface area is 141 Å². The van der Waals surface area contributed by atoms with Crippen LogP contribution in [0.15, 0.2) is 0 Å². The van der Waals surface area contributed by atoms with Crippen LogP contribution in [0.5, 0.6) is 0 Å². The summed E-state index contributed by atoms with van der Waals surface area (Å²) in [6.07, 6.45) is 6.45. The zero-order valence-electron chi connectivity index (χ0n) is 13.1. The minimum atomic E-state index is 0. The molecule has 21 heavy (non-hydrogen) atoms. The summed E-state index contributed by atoms with van der Waals surface area (Å²) in [6.45, 7) is 6.09. The van der Waals surface area contributed by atoms with Gasteiger partial charge >= 0.3 is 0 Å². The van der Waals surface area contributed by atoms with Crippen LogP contribution in [0.25, 0.3) is 0 Å². The maximum atomic E-state index is 11.5. The van der Waals surface area contributed by atoms with Gasteiger partial charge in [-0.2, -0.15) is 0 Å². The summed E-state index contributed by atoms with van der Waals surface area (Å²) in [4.78, 5) is 14.0. The van der Waals surface area contributed by atoms with Gasteiger partial charge in [0.25, 0.3) is 0 Å². The van der Waals surface area contributed by atoms with E-state index in [1.54, 1.807) is 7.11 Å². The second kappa shape index (κ2) is 16.3. The van der Waals surface area contributed by atoms with Gasteiger partial charge in [0.05, 0.1) is 13.2 Å². The molecule has 1 aliphatic rings. The highest BCUT2D eigenvalue weighted by Crippen LogP contribution is 2.09. The highest BCUT2D eigenvalue weighted by molar-refractivity contribution is 5.85. The monoisotopic (exact) mass is 343 g/mol. The number of halogens is 2. The molecule has 0 aromatic rings. The number of rotatable bonds is 9. The van der Waals surface area contributed by atoms with Gasteiger partial charge in [0, 0.05) is 20.2 Å². The topological polar surface area (TPSA) is 53.6 Å². The largest absolute Gasteiger partial charge is 0.383 e. The number of amides is 1. The molecule has 128 valence electrons. The molecule has 0 bridgehead atoms. The van der Waals surface area contributed by atoms with E-state index in [4.69, 9.17) is 4.74 Å². The Hall–Kier alpha value is -0.0700. The fraction of sp³-hybridized carbons (Fsp3) is 0.929. The van der Waals surface area contributed by atoms with E-state index < -0.39 is 0 Å². The van der Waals surface area contributed by atoms with Crippen LogP contribution in [0, 0.1) is 0 Å². The Morgan fingerprint density at radius 3 is 2.38 bits per heavy atom. The molecule has 0 saturated carbocycles. The molecular weight excluding hydrogens is 313 g/mol. The maximum absolute atomic E-state index is 11.5. The molecule has 0 aromatic carbocycles. The first-order valence-corrected chi connectivity index (χ1v) is 7.51. The second-order valence-corrected chi connectivity index (χ2v) is 5.13. The van der Waals surface area contributed by atoms with Crippen molar-refractivity contribution in [2.75, 3.05) is 53.0 Å². The molecule has 0 unspecified atom stereocenters. The van der Waals surface area contributed by atoms with Crippen molar-refractivity contribution in [1.29, 1.82) is 0 Å². The first kappa shape index (κ1) is 23.2. The predicted molar refractivity (Wildman–Crippen MR) is 91.8 cm³/mol. The van der Waals surface area contributed by atoms with Crippen molar-refractivity contribution in [2.24, 2.45) is 0 Å². The average molecular weight is 344 g/mol. The number of carbonyl (C=O) groups is 1. The lowest BCUT2D eigenvalue weighted by atomic mass is 10.2. The molecule has 7 heteroatoms. The van der Waals surface area contributed by atoms with Gasteiger partial charge in [-0.25, -0.2) is 0 Å². The number of carbonyl (C=O) groups excluding carboxylic acids is 1. The predicted octanol–water partition coefficient (Wildman–Crippen LogP) is 1.45. The lowest BCUT2D eigenvalue weighted by molar-refractivity contribution is -0.120. The molecule has 1 fully saturated rings. The molecule has 0 atom stereocenters. The minimum Gasteiger partial charge on any atom is -0.383 e. The zero-order valence-corrected chi connectivity index (χ0v) is 14.7. The fourth-order valence-corrected chi connectivity index (χ4v) is 2.33. The zero-order chi connectivity index (χ0) is 13.8. The second-order valence-electron chi connectivity index (χ2n) is 5.13. The minimum absolute atomic E-state index is 0. The van der Waals surface area contributed by atoms with Crippen LogP contribution < -0.4 is 10.6 Å². The van der Waals surface area contributed by atoms with Crippen LogP contribution in [0.4, 0.5) is 0 Å². The maximum Gasteiger partial charge on any atom is 0.233 e. The summed E-state index contributed by atoms with van der Waals surface area (Å²) in [6, 6.07) is 0. The van der Waals surface area contributed by atoms with Gasteiger partial charge in [-0.3, -0.25) is 4.79 Å². The number of likely N-dealkylation sites (tertiary alicyclic amines) is 1. The SMILES string of the molecule is COCCNCC(=O)NCCCN1CCCCCC1.Cl.Cl. The Morgan fingerprint density at radius 2 is 1.76 bits per heavy atom. The molecular formula is C14H31Cl2N3O2. The number of methoxy groups -OCH3 is 1. The Kier molecular flexibility index (Phi) is 18.0. The van der Waals surface area contributed by atoms with Crippen LogP contribution in [0.2, 0.25) is 0 Å². The smallest absolute Gasteiger partial charge is 0.233 e. The quantitative estimate of drug-likeness (QED) is 0.622. The molecule has 0 spiro atoms. The summed E-state index contributed by atoms with van der Waals surface area (Å²) >= 11 is 0. The molecule has 1 rings (SSSR count). The van der Waals surface area contributed by atoms with E-state index in [-0.39, 0.29) is 30.7 Å². The fourth-order valence-electron chi connectivity index (χ4n) is 2.33. The molecule has 1 saturated heterocycles. The van der Waals surface area contributed by atoms with Crippen molar-refractivity contribution in [3.63, 3.8) is 0 Å². The third kappa shape index (κ3) is 13.3. The van der Waals surface area contributed by atoms with Crippen LogP contribution in [0.1, 0.15) is 32.1 Å². The van der Waals surface area contributed by atoms with Crippen molar-refractivity contribution in [3.8, 4) is 0 Å². The molecule has 0 aliphatic carbocycles. The van der Waals surface area contributed by atoms with Gasteiger partial charge in [-0.15, -0.1) is 24.8 Å². The third-order valence-electron chi connectivity index (χ3n) is 3.44. The highest BCUT2D eigenvalue weighted by atomic mass is 35.5. The third-order valence-corrected chi connectivity index (χ3v) is 3.44. The normalized spacial score (nSPS) is 15.5. The number of hydrogen-bond acceptors (Lipinski definition) is 4. The summed E-state index contributed by atoms with van der Waals surface area (Å²) in [5.74, 6) is 0.0759. The van der Waals surface area contributed by atoms with Gasteiger partial charge < -0.3 is 20.3 Å². The van der Waals surface area contributed by atoms with E-state index in [0.717, 1.165) is 26.1 Å². The summed E-state index contributed by atoms with van der Waals surface area (Å²) < 4.78 is 4.90. The average Bonchev–Trinajstić information content (AvgIpc) is 2.68. The Morgan fingerprint density at radius 1 is 1.10 bits per heavy atom. The Balaban J connectivity index is 0. The number of hydrogen-bond donors (Lipinski definition) is 2. The van der Waals surface area contributed by atoms with Crippen molar-refractivity contribution in [3.05, 3.63) is 0 Å². The van der Waals surface area contributed by atoms with Crippen LogP contribution in [-0.4, -0.2) is 63.8 Å². The summed E-state index contributed by atoms with van der Waals surface area (Å²) in [5.41, 5.74) is 0. The highest BCUT2D eigenvalue weighted by Gasteiger charge is 2.08. The lowest BCUT2D eigenvalue weighted by Gasteiger charge is -2.19. The Bertz CT molecular complexity index is 238. The van der Waals surface area contributed by atoms with Crippen LogP contribution >= 0.6 is 24.8 Å². The van der Waals surface area contributed by atoms with E-state index in [9.17, 15) is 4.79 Å². The van der Waals surface area contributed by atoms with Gasteiger partial charge in [0.2, 0.25) is 5.91 Å². The van der Waals surface area contributed by atoms with Gasteiger partial charge in [0.15, 0.2) is 0 Å². The molecule has 0 radical (unpaired) electrons. The first-order chi connectivity index (χ1) is 9.33. The van der Waals surface area contributed by atoms with Crippen molar-refractivity contribution in [1.82, 2.24) is 15.5 Å². The van der Waals surface area contributed by atoms with E-state index in [1.807, 2.05) is 0 Å². The lowest BCUT2D eigenvalue weighted by Crippen LogP contribution is -2.36. The van der Waals surface area contributed by atoms with E-state index in [1.165, 1.54) is 38.8 Å². The molecule has 1 amide bonds. The van der Waals surface area contributed by atoms with E-state index in [2.05, 4.69) is 15.5 Å². The standard InChI is InChI=1S/C14H29N3O2.2ClH/c1-19-12-8-15-13-14(18)16-7-6-11-17-9-4-2-3-5-10-17;;/h15H,2-13H2,1H3,(H,16,18);2*1H. The summed E-state index contributed by atoms with van der Waals surface area (Å²) in [7, 11) is 1.66. The van der Waals surface area contributed by atoms with Crippen LogP contribution in [-0.2, 0) is 9.53 Å². The molecule has 1 aliphatic heterocycles. The number of nitrogens with one attached hydrogen (secondary N) is 2. The molecule has 0 aromatic heterocycles. The molecule has 5 nitrogen and oxygen atoms in total. The number of nitrogens with zero attached hydrogens (tertiary/aromatic N) is 1.